The number of ether oxygens (including phenoxy) is 1. The van der Waals surface area contributed by atoms with Crippen molar-refractivity contribution in [3.8, 4) is 11.6 Å². The zero-order chi connectivity index (χ0) is 11.5. The maximum atomic E-state index is 13.0. The second-order valence-electron chi connectivity index (χ2n) is 2.96. The maximum absolute atomic E-state index is 13.0. The Balaban J connectivity index is 2.34. The van der Waals surface area contributed by atoms with E-state index in [9.17, 15) is 4.39 Å². The van der Waals surface area contributed by atoms with Gasteiger partial charge in [-0.15, -0.1) is 0 Å². The van der Waals surface area contributed by atoms with Crippen molar-refractivity contribution < 1.29 is 9.13 Å². The SMILES string of the molecule is Nc1ccc(F)cc1Oc1ncncc1Br. The van der Waals surface area contributed by atoms with Crippen LogP contribution in [0, 0.1) is 5.82 Å². The van der Waals surface area contributed by atoms with Gasteiger partial charge in [-0.1, -0.05) is 0 Å². The van der Waals surface area contributed by atoms with E-state index in [1.807, 2.05) is 0 Å². The maximum Gasteiger partial charge on any atom is 0.236 e. The highest BCUT2D eigenvalue weighted by Crippen LogP contribution is 2.30. The first kappa shape index (κ1) is 10.8. The molecular weight excluding hydrogens is 277 g/mol. The lowest BCUT2D eigenvalue weighted by molar-refractivity contribution is 0.455. The van der Waals surface area contributed by atoms with Gasteiger partial charge in [0.1, 0.15) is 12.1 Å². The molecule has 4 nitrogen and oxygen atoms in total. The van der Waals surface area contributed by atoms with E-state index in [0.717, 1.165) is 0 Å². The smallest absolute Gasteiger partial charge is 0.236 e. The van der Waals surface area contributed by atoms with Crippen molar-refractivity contribution in [1.82, 2.24) is 9.97 Å². The Morgan fingerprint density at radius 1 is 1.38 bits per heavy atom. The fourth-order valence-corrected chi connectivity index (χ4v) is 1.38. The number of nitrogen functional groups attached to an aromatic ring is 1. The molecule has 0 atom stereocenters. The summed E-state index contributed by atoms with van der Waals surface area (Å²) in [5, 5.41) is 0. The van der Waals surface area contributed by atoms with Crippen molar-refractivity contribution in [2.24, 2.45) is 0 Å². The van der Waals surface area contributed by atoms with Crippen LogP contribution in [0.25, 0.3) is 0 Å². The molecule has 0 saturated heterocycles. The highest BCUT2D eigenvalue weighted by Gasteiger charge is 2.07. The molecule has 0 amide bonds. The van der Waals surface area contributed by atoms with Crippen molar-refractivity contribution in [1.29, 1.82) is 0 Å². The first-order valence-corrected chi connectivity index (χ1v) is 5.14. The molecule has 2 N–H and O–H groups in total. The van der Waals surface area contributed by atoms with Crippen molar-refractivity contribution in [2.75, 3.05) is 5.73 Å². The summed E-state index contributed by atoms with van der Waals surface area (Å²) in [4.78, 5) is 7.67. The van der Waals surface area contributed by atoms with Crippen LogP contribution < -0.4 is 10.5 Å². The highest BCUT2D eigenvalue weighted by atomic mass is 79.9. The summed E-state index contributed by atoms with van der Waals surface area (Å²) >= 11 is 3.21. The standard InChI is InChI=1S/C10H7BrFN3O/c11-7-4-14-5-15-10(7)16-9-3-6(12)1-2-8(9)13/h1-5H,13H2. The van der Waals surface area contributed by atoms with Crippen molar-refractivity contribution >= 4 is 21.6 Å². The van der Waals surface area contributed by atoms with E-state index in [2.05, 4.69) is 25.9 Å². The number of halogens is 2. The van der Waals surface area contributed by atoms with E-state index in [0.29, 0.717) is 10.2 Å². The molecule has 0 bridgehead atoms. The van der Waals surface area contributed by atoms with Gasteiger partial charge in [-0.2, -0.15) is 0 Å². The summed E-state index contributed by atoms with van der Waals surface area (Å²) in [5.41, 5.74) is 5.98. The predicted molar refractivity (Wildman–Crippen MR) is 60.6 cm³/mol. The lowest BCUT2D eigenvalue weighted by Gasteiger charge is -2.08. The van der Waals surface area contributed by atoms with Crippen LogP contribution >= 0.6 is 15.9 Å². The van der Waals surface area contributed by atoms with Gasteiger partial charge in [-0.25, -0.2) is 14.4 Å². The third-order valence-corrected chi connectivity index (χ3v) is 2.36. The number of hydrogen-bond acceptors (Lipinski definition) is 4. The molecule has 82 valence electrons. The van der Waals surface area contributed by atoms with E-state index < -0.39 is 5.82 Å². The molecule has 1 aromatic heterocycles. The fraction of sp³-hybridized carbons (Fsp3) is 0. The van der Waals surface area contributed by atoms with Gasteiger partial charge in [0, 0.05) is 12.3 Å². The molecule has 2 rings (SSSR count). The van der Waals surface area contributed by atoms with Gasteiger partial charge in [0.15, 0.2) is 5.75 Å². The summed E-state index contributed by atoms with van der Waals surface area (Å²) < 4.78 is 18.9. The number of anilines is 1. The normalized spacial score (nSPS) is 10.1. The number of nitrogens with zero attached hydrogens (tertiary/aromatic N) is 2. The molecule has 0 aliphatic rings. The molecule has 0 spiro atoms. The van der Waals surface area contributed by atoms with E-state index in [1.165, 1.54) is 30.7 Å². The van der Waals surface area contributed by atoms with Crippen molar-refractivity contribution in [3.05, 3.63) is 41.0 Å². The van der Waals surface area contributed by atoms with Crippen LogP contribution in [0.1, 0.15) is 0 Å². The molecule has 1 aromatic carbocycles. The molecule has 2 aromatic rings. The van der Waals surface area contributed by atoms with Crippen LogP contribution in [0.2, 0.25) is 0 Å². The molecule has 16 heavy (non-hydrogen) atoms. The van der Waals surface area contributed by atoms with Crippen LogP contribution in [0.5, 0.6) is 11.6 Å². The molecule has 6 heteroatoms. The first-order valence-electron chi connectivity index (χ1n) is 4.35. The topological polar surface area (TPSA) is 61.0 Å². The monoisotopic (exact) mass is 283 g/mol. The Morgan fingerprint density at radius 2 is 2.19 bits per heavy atom. The van der Waals surface area contributed by atoms with Gasteiger partial charge in [-0.3, -0.25) is 0 Å². The summed E-state index contributed by atoms with van der Waals surface area (Å²) in [5.74, 6) is 0.0843. The second kappa shape index (κ2) is 4.44. The van der Waals surface area contributed by atoms with Crippen LogP contribution in [-0.2, 0) is 0 Å². The van der Waals surface area contributed by atoms with E-state index >= 15 is 0 Å². The number of rotatable bonds is 2. The Bertz CT molecular complexity index is 521. The largest absolute Gasteiger partial charge is 0.435 e. The second-order valence-corrected chi connectivity index (χ2v) is 3.81. The Hall–Kier alpha value is -1.69. The average Bonchev–Trinajstić information content (AvgIpc) is 2.27. The van der Waals surface area contributed by atoms with E-state index in [-0.39, 0.29) is 11.6 Å². The summed E-state index contributed by atoms with van der Waals surface area (Å²) in [7, 11) is 0. The number of hydrogen-bond donors (Lipinski definition) is 1. The Morgan fingerprint density at radius 3 is 2.94 bits per heavy atom. The molecule has 0 fully saturated rings. The van der Waals surface area contributed by atoms with Crippen LogP contribution in [-0.4, -0.2) is 9.97 Å². The Labute approximate surface area is 99.4 Å². The Kier molecular flexibility index (Phi) is 3.00. The molecule has 0 radical (unpaired) electrons. The van der Waals surface area contributed by atoms with Gasteiger partial charge in [0.05, 0.1) is 10.2 Å². The highest BCUT2D eigenvalue weighted by molar-refractivity contribution is 9.10. The number of aromatic nitrogens is 2. The van der Waals surface area contributed by atoms with E-state index in [4.69, 9.17) is 10.5 Å². The number of benzene rings is 1. The van der Waals surface area contributed by atoms with Gasteiger partial charge in [0.25, 0.3) is 0 Å². The summed E-state index contributed by atoms with van der Waals surface area (Å²) in [6.45, 7) is 0. The zero-order valence-electron chi connectivity index (χ0n) is 8.02. The molecule has 0 aliphatic carbocycles. The fourth-order valence-electron chi connectivity index (χ4n) is 1.08. The molecule has 0 unspecified atom stereocenters. The zero-order valence-corrected chi connectivity index (χ0v) is 9.61. The lowest BCUT2D eigenvalue weighted by Crippen LogP contribution is -1.95. The molecular formula is C10H7BrFN3O. The minimum Gasteiger partial charge on any atom is -0.435 e. The third-order valence-electron chi connectivity index (χ3n) is 1.82. The molecule has 1 heterocycles. The molecule has 0 saturated carbocycles. The number of nitrogens with two attached hydrogens (primary N) is 1. The van der Waals surface area contributed by atoms with Crippen LogP contribution in [0.4, 0.5) is 10.1 Å². The lowest BCUT2D eigenvalue weighted by atomic mass is 10.3. The van der Waals surface area contributed by atoms with Gasteiger partial charge < -0.3 is 10.5 Å². The predicted octanol–water partition coefficient (Wildman–Crippen LogP) is 2.75. The van der Waals surface area contributed by atoms with Crippen molar-refractivity contribution in [3.63, 3.8) is 0 Å². The third kappa shape index (κ3) is 2.27. The quantitative estimate of drug-likeness (QED) is 0.861. The van der Waals surface area contributed by atoms with Gasteiger partial charge in [0.2, 0.25) is 5.88 Å². The van der Waals surface area contributed by atoms with Crippen LogP contribution in [0.15, 0.2) is 35.2 Å². The van der Waals surface area contributed by atoms with E-state index in [1.54, 1.807) is 0 Å². The van der Waals surface area contributed by atoms with Crippen molar-refractivity contribution in [2.45, 2.75) is 0 Å². The first-order chi connectivity index (χ1) is 7.66. The summed E-state index contributed by atoms with van der Waals surface area (Å²) in [6.07, 6.45) is 2.85. The average molecular weight is 284 g/mol. The van der Waals surface area contributed by atoms with Gasteiger partial charge >= 0.3 is 0 Å². The minimum absolute atomic E-state index is 0.222. The molecule has 0 aliphatic heterocycles. The minimum atomic E-state index is -0.422. The van der Waals surface area contributed by atoms with Gasteiger partial charge in [-0.05, 0) is 28.1 Å². The van der Waals surface area contributed by atoms with Crippen LogP contribution in [0.3, 0.4) is 0 Å². The summed E-state index contributed by atoms with van der Waals surface area (Å²) in [6, 6.07) is 3.89.